The Labute approximate surface area is 205 Å². The second kappa shape index (κ2) is 14.7. The van der Waals surface area contributed by atoms with Crippen LogP contribution in [0.2, 0.25) is 0 Å². The van der Waals surface area contributed by atoms with Crippen LogP contribution in [0.25, 0.3) is 0 Å². The Morgan fingerprint density at radius 3 is 2.26 bits per heavy atom. The Bertz CT molecular complexity index is 570. The van der Waals surface area contributed by atoms with Crippen LogP contribution in [0, 0.1) is 5.92 Å². The van der Waals surface area contributed by atoms with E-state index in [4.69, 9.17) is 4.74 Å². The fourth-order valence-corrected chi connectivity index (χ4v) is 3.30. The summed E-state index contributed by atoms with van der Waals surface area (Å²) in [6.45, 7) is 17.6. The lowest BCUT2D eigenvalue weighted by Gasteiger charge is -2.34. The number of ether oxygens (including phenoxy) is 1. The van der Waals surface area contributed by atoms with Gasteiger partial charge in [0.1, 0.15) is 5.60 Å². The van der Waals surface area contributed by atoms with Gasteiger partial charge in [0.2, 0.25) is 5.91 Å². The molecule has 1 saturated heterocycles. The number of nitrogens with zero attached hydrogens (tertiary/aromatic N) is 3. The number of nitrogens with one attached hydrogen (secondary N) is 2. The highest BCUT2D eigenvalue weighted by atomic mass is 127. The van der Waals surface area contributed by atoms with Gasteiger partial charge in [-0.25, -0.2) is 4.79 Å². The van der Waals surface area contributed by atoms with E-state index in [1.807, 2.05) is 53.4 Å². The second-order valence-electron chi connectivity index (χ2n) is 9.13. The van der Waals surface area contributed by atoms with Crippen LogP contribution < -0.4 is 10.6 Å². The quantitative estimate of drug-likeness (QED) is 0.273. The molecule has 0 unspecified atom stereocenters. The van der Waals surface area contributed by atoms with E-state index in [9.17, 15) is 9.59 Å². The molecule has 2 N–H and O–H groups in total. The molecule has 1 rings (SSSR count). The van der Waals surface area contributed by atoms with E-state index in [-0.39, 0.29) is 47.9 Å². The first-order valence-electron chi connectivity index (χ1n) is 11.4. The van der Waals surface area contributed by atoms with Gasteiger partial charge in [-0.3, -0.25) is 9.79 Å². The highest BCUT2D eigenvalue weighted by molar-refractivity contribution is 14.0. The van der Waals surface area contributed by atoms with Gasteiger partial charge in [-0.1, -0.05) is 20.8 Å². The maximum absolute atomic E-state index is 12.4. The van der Waals surface area contributed by atoms with Crippen molar-refractivity contribution >= 4 is 41.9 Å². The monoisotopic (exact) mass is 553 g/mol. The third-order valence-corrected chi connectivity index (χ3v) is 4.77. The van der Waals surface area contributed by atoms with Crippen LogP contribution in [0.15, 0.2) is 4.99 Å². The van der Waals surface area contributed by atoms with Crippen LogP contribution in [0.3, 0.4) is 0 Å². The standard InChI is InChI=1S/C22H43N5O3.HI/c1-8-13-27(21(29)30-22(5,6)7)16-12-24-20(23-9-2)25-18-10-14-26(15-11-18)19(28)17(3)4;/h17-18H,8-16H2,1-7H3,(H2,23,24,25);1H. The van der Waals surface area contributed by atoms with Crippen LogP contribution in [0.4, 0.5) is 4.79 Å². The van der Waals surface area contributed by atoms with Gasteiger partial charge < -0.3 is 25.2 Å². The molecule has 0 saturated carbocycles. The van der Waals surface area contributed by atoms with Gasteiger partial charge in [-0.15, -0.1) is 24.0 Å². The zero-order valence-electron chi connectivity index (χ0n) is 20.5. The summed E-state index contributed by atoms with van der Waals surface area (Å²) in [5.74, 6) is 1.03. The number of aliphatic imine (C=N–C) groups is 1. The van der Waals surface area contributed by atoms with E-state index in [0.29, 0.717) is 19.6 Å². The Hall–Kier alpha value is -1.26. The minimum atomic E-state index is -0.505. The van der Waals surface area contributed by atoms with Gasteiger partial charge in [-0.05, 0) is 47.0 Å². The third kappa shape index (κ3) is 11.8. The fourth-order valence-electron chi connectivity index (χ4n) is 3.30. The van der Waals surface area contributed by atoms with E-state index in [2.05, 4.69) is 15.6 Å². The first-order valence-corrected chi connectivity index (χ1v) is 11.4. The number of halogens is 1. The smallest absolute Gasteiger partial charge is 0.410 e. The Balaban J connectivity index is 0.00000900. The molecule has 0 aromatic heterocycles. The molecule has 0 spiro atoms. The van der Waals surface area contributed by atoms with E-state index in [1.165, 1.54) is 0 Å². The first-order chi connectivity index (χ1) is 14.1. The predicted octanol–water partition coefficient (Wildman–Crippen LogP) is 3.45. The molecular weight excluding hydrogens is 509 g/mol. The average Bonchev–Trinajstić information content (AvgIpc) is 2.66. The summed E-state index contributed by atoms with van der Waals surface area (Å²) in [7, 11) is 0. The van der Waals surface area contributed by atoms with Gasteiger partial charge in [-0.2, -0.15) is 0 Å². The number of hydrogen-bond acceptors (Lipinski definition) is 4. The minimum Gasteiger partial charge on any atom is -0.444 e. The normalized spacial score (nSPS) is 15.4. The predicted molar refractivity (Wildman–Crippen MR) is 137 cm³/mol. The summed E-state index contributed by atoms with van der Waals surface area (Å²) in [5.41, 5.74) is -0.505. The molecule has 0 atom stereocenters. The first kappa shape index (κ1) is 29.7. The Morgan fingerprint density at radius 1 is 1.16 bits per heavy atom. The highest BCUT2D eigenvalue weighted by Crippen LogP contribution is 2.13. The number of amides is 2. The number of piperidine rings is 1. The number of hydrogen-bond donors (Lipinski definition) is 2. The lowest BCUT2D eigenvalue weighted by molar-refractivity contribution is -0.135. The zero-order valence-corrected chi connectivity index (χ0v) is 22.8. The summed E-state index contributed by atoms with van der Waals surface area (Å²) in [5, 5.41) is 6.76. The van der Waals surface area contributed by atoms with Crippen LogP contribution in [0.1, 0.15) is 67.7 Å². The van der Waals surface area contributed by atoms with Gasteiger partial charge in [0.25, 0.3) is 0 Å². The van der Waals surface area contributed by atoms with Gasteiger partial charge >= 0.3 is 6.09 Å². The fraction of sp³-hybridized carbons (Fsp3) is 0.864. The molecular formula is C22H44IN5O3. The molecule has 182 valence electrons. The molecule has 0 bridgehead atoms. The van der Waals surface area contributed by atoms with Gasteiger partial charge in [0, 0.05) is 44.7 Å². The number of rotatable bonds is 8. The van der Waals surface area contributed by atoms with Crippen molar-refractivity contribution in [1.82, 2.24) is 20.4 Å². The molecule has 9 heteroatoms. The summed E-state index contributed by atoms with van der Waals surface area (Å²) in [6.07, 6.45) is 2.39. The molecule has 8 nitrogen and oxygen atoms in total. The van der Waals surface area contributed by atoms with Crippen LogP contribution in [0.5, 0.6) is 0 Å². The maximum atomic E-state index is 12.4. The zero-order chi connectivity index (χ0) is 22.7. The molecule has 0 aromatic carbocycles. The molecule has 1 fully saturated rings. The van der Waals surface area contributed by atoms with Crippen molar-refractivity contribution in [3.05, 3.63) is 0 Å². The molecule has 0 radical (unpaired) electrons. The number of carbonyl (C=O) groups is 2. The van der Waals surface area contributed by atoms with Crippen molar-refractivity contribution < 1.29 is 14.3 Å². The molecule has 2 amide bonds. The van der Waals surface area contributed by atoms with E-state index >= 15 is 0 Å². The Kier molecular flexibility index (Phi) is 14.1. The number of likely N-dealkylation sites (tertiary alicyclic amines) is 1. The highest BCUT2D eigenvalue weighted by Gasteiger charge is 2.25. The molecule has 31 heavy (non-hydrogen) atoms. The van der Waals surface area contributed by atoms with Crippen molar-refractivity contribution in [2.45, 2.75) is 79.4 Å². The third-order valence-electron chi connectivity index (χ3n) is 4.77. The lowest BCUT2D eigenvalue weighted by Crippen LogP contribution is -2.50. The summed E-state index contributed by atoms with van der Waals surface area (Å²) >= 11 is 0. The summed E-state index contributed by atoms with van der Waals surface area (Å²) in [4.78, 5) is 32.9. The van der Waals surface area contributed by atoms with Crippen molar-refractivity contribution in [3.63, 3.8) is 0 Å². The summed E-state index contributed by atoms with van der Waals surface area (Å²) in [6, 6.07) is 0.289. The Morgan fingerprint density at radius 2 is 1.77 bits per heavy atom. The average molecular weight is 554 g/mol. The number of guanidine groups is 1. The van der Waals surface area contributed by atoms with Gasteiger partial charge in [0.05, 0.1) is 6.54 Å². The lowest BCUT2D eigenvalue weighted by atomic mass is 10.0. The summed E-state index contributed by atoms with van der Waals surface area (Å²) < 4.78 is 5.50. The van der Waals surface area contributed by atoms with E-state index in [0.717, 1.165) is 44.9 Å². The van der Waals surface area contributed by atoms with Crippen molar-refractivity contribution in [2.75, 3.05) is 39.3 Å². The molecule has 0 aliphatic carbocycles. The van der Waals surface area contributed by atoms with Crippen molar-refractivity contribution in [3.8, 4) is 0 Å². The van der Waals surface area contributed by atoms with Crippen LogP contribution >= 0.6 is 24.0 Å². The maximum Gasteiger partial charge on any atom is 0.410 e. The SMILES string of the molecule is CCCN(CCN=C(NCC)NC1CCN(C(=O)C(C)C)CC1)C(=O)OC(C)(C)C.I. The molecule has 1 heterocycles. The topological polar surface area (TPSA) is 86.3 Å². The minimum absolute atomic E-state index is 0. The van der Waals surface area contributed by atoms with E-state index < -0.39 is 5.60 Å². The van der Waals surface area contributed by atoms with Gasteiger partial charge in [0.15, 0.2) is 5.96 Å². The largest absolute Gasteiger partial charge is 0.444 e. The molecule has 1 aliphatic rings. The van der Waals surface area contributed by atoms with Crippen LogP contribution in [-0.4, -0.2) is 78.7 Å². The molecule has 0 aromatic rings. The van der Waals surface area contributed by atoms with Crippen molar-refractivity contribution in [2.24, 2.45) is 10.9 Å². The van der Waals surface area contributed by atoms with Crippen molar-refractivity contribution in [1.29, 1.82) is 0 Å². The second-order valence-corrected chi connectivity index (χ2v) is 9.13. The molecule has 1 aliphatic heterocycles. The van der Waals surface area contributed by atoms with Crippen LogP contribution in [-0.2, 0) is 9.53 Å². The number of carbonyl (C=O) groups excluding carboxylic acids is 2. The van der Waals surface area contributed by atoms with E-state index in [1.54, 1.807) is 4.90 Å².